The first-order valence-corrected chi connectivity index (χ1v) is 5.75. The first-order chi connectivity index (χ1) is 7.26. The summed E-state index contributed by atoms with van der Waals surface area (Å²) in [5.74, 6) is 0.609. The summed E-state index contributed by atoms with van der Waals surface area (Å²) >= 11 is 0. The lowest BCUT2D eigenvalue weighted by atomic mass is 9.95. The number of carbonyl (C=O) groups excluding carboxylic acids is 1. The Morgan fingerprint density at radius 3 is 3.07 bits per heavy atom. The molecule has 0 aromatic carbocycles. The van der Waals surface area contributed by atoms with E-state index in [4.69, 9.17) is 5.73 Å². The molecule has 0 amide bonds. The lowest BCUT2D eigenvalue weighted by Gasteiger charge is -2.32. The third kappa shape index (κ3) is 4.62. The van der Waals surface area contributed by atoms with Crippen LogP contribution in [0.2, 0.25) is 0 Å². The molecule has 0 saturated carbocycles. The zero-order valence-electron chi connectivity index (χ0n) is 9.58. The number of esters is 1. The van der Waals surface area contributed by atoms with Crippen LogP contribution in [0.5, 0.6) is 0 Å². The standard InChI is InChI=1S/C11H22N2O2/c1-15-11(14)5-8-13-7-2-3-10(9-13)4-6-12/h10H,2-9,12H2,1H3. The van der Waals surface area contributed by atoms with Gasteiger partial charge in [0.05, 0.1) is 13.5 Å². The molecule has 0 aromatic rings. The van der Waals surface area contributed by atoms with E-state index in [1.165, 1.54) is 20.0 Å². The molecule has 1 aliphatic heterocycles. The van der Waals surface area contributed by atoms with Crippen molar-refractivity contribution >= 4 is 5.97 Å². The Morgan fingerprint density at radius 1 is 1.60 bits per heavy atom. The number of hydrogen-bond acceptors (Lipinski definition) is 4. The van der Waals surface area contributed by atoms with Gasteiger partial charge >= 0.3 is 5.97 Å². The minimum absolute atomic E-state index is 0.115. The van der Waals surface area contributed by atoms with Crippen molar-refractivity contribution in [2.75, 3.05) is 33.3 Å². The first-order valence-electron chi connectivity index (χ1n) is 5.75. The molecule has 1 heterocycles. The highest BCUT2D eigenvalue weighted by Crippen LogP contribution is 2.18. The summed E-state index contributed by atoms with van der Waals surface area (Å²) in [7, 11) is 1.44. The van der Waals surface area contributed by atoms with Crippen molar-refractivity contribution in [2.45, 2.75) is 25.7 Å². The quantitative estimate of drug-likeness (QED) is 0.681. The van der Waals surface area contributed by atoms with Crippen molar-refractivity contribution in [3.05, 3.63) is 0 Å². The highest BCUT2D eigenvalue weighted by Gasteiger charge is 2.19. The molecule has 1 rings (SSSR count). The van der Waals surface area contributed by atoms with Gasteiger partial charge in [0.1, 0.15) is 0 Å². The molecule has 0 spiro atoms. The van der Waals surface area contributed by atoms with Crippen LogP contribution in [0.25, 0.3) is 0 Å². The van der Waals surface area contributed by atoms with E-state index in [2.05, 4.69) is 9.64 Å². The number of methoxy groups -OCH3 is 1. The van der Waals surface area contributed by atoms with Gasteiger partial charge in [-0.3, -0.25) is 4.79 Å². The number of rotatable bonds is 5. The molecular formula is C11H22N2O2. The Bertz CT molecular complexity index is 195. The Hall–Kier alpha value is -0.610. The van der Waals surface area contributed by atoms with E-state index in [1.54, 1.807) is 0 Å². The van der Waals surface area contributed by atoms with Gasteiger partial charge in [0.25, 0.3) is 0 Å². The molecule has 0 bridgehead atoms. The van der Waals surface area contributed by atoms with Crippen LogP contribution in [0, 0.1) is 5.92 Å². The molecular weight excluding hydrogens is 192 g/mol. The van der Waals surface area contributed by atoms with Crippen LogP contribution >= 0.6 is 0 Å². The molecule has 0 radical (unpaired) electrons. The van der Waals surface area contributed by atoms with Crippen LogP contribution in [0.15, 0.2) is 0 Å². The van der Waals surface area contributed by atoms with Gasteiger partial charge in [-0.05, 0) is 38.3 Å². The summed E-state index contributed by atoms with van der Waals surface area (Å²) in [6.07, 6.45) is 4.12. The molecule has 4 nitrogen and oxygen atoms in total. The van der Waals surface area contributed by atoms with E-state index in [-0.39, 0.29) is 5.97 Å². The van der Waals surface area contributed by atoms with E-state index in [0.717, 1.165) is 38.5 Å². The molecule has 88 valence electrons. The summed E-state index contributed by atoms with van der Waals surface area (Å²) in [5.41, 5.74) is 5.56. The van der Waals surface area contributed by atoms with E-state index in [0.29, 0.717) is 6.42 Å². The van der Waals surface area contributed by atoms with Gasteiger partial charge in [-0.15, -0.1) is 0 Å². The number of hydrogen-bond donors (Lipinski definition) is 1. The van der Waals surface area contributed by atoms with Crippen LogP contribution in [0.4, 0.5) is 0 Å². The highest BCUT2D eigenvalue weighted by atomic mass is 16.5. The second-order valence-corrected chi connectivity index (χ2v) is 4.21. The largest absolute Gasteiger partial charge is 0.469 e. The normalized spacial score (nSPS) is 22.7. The molecule has 1 aliphatic rings. The highest BCUT2D eigenvalue weighted by molar-refractivity contribution is 5.69. The summed E-state index contributed by atoms with van der Waals surface area (Å²) in [6.45, 7) is 3.80. The van der Waals surface area contributed by atoms with Crippen LogP contribution in [-0.4, -0.2) is 44.2 Å². The van der Waals surface area contributed by atoms with Crippen LogP contribution in [-0.2, 0) is 9.53 Å². The molecule has 1 unspecified atom stereocenters. The zero-order chi connectivity index (χ0) is 11.1. The predicted octanol–water partition coefficient (Wildman–Crippen LogP) is 0.610. The SMILES string of the molecule is COC(=O)CCN1CCCC(CCN)C1. The van der Waals surface area contributed by atoms with E-state index in [9.17, 15) is 4.79 Å². The van der Waals surface area contributed by atoms with Crippen molar-refractivity contribution in [3.63, 3.8) is 0 Å². The van der Waals surface area contributed by atoms with Gasteiger partial charge < -0.3 is 15.4 Å². The number of likely N-dealkylation sites (tertiary alicyclic amines) is 1. The molecule has 1 fully saturated rings. The lowest BCUT2D eigenvalue weighted by molar-refractivity contribution is -0.141. The topological polar surface area (TPSA) is 55.6 Å². The maximum absolute atomic E-state index is 11.0. The van der Waals surface area contributed by atoms with Crippen LogP contribution < -0.4 is 5.73 Å². The minimum atomic E-state index is -0.115. The van der Waals surface area contributed by atoms with Gasteiger partial charge in [-0.1, -0.05) is 0 Å². The number of ether oxygens (including phenoxy) is 1. The van der Waals surface area contributed by atoms with Crippen molar-refractivity contribution in [2.24, 2.45) is 11.7 Å². The number of piperidine rings is 1. The second kappa shape index (κ2) is 6.80. The Labute approximate surface area is 91.8 Å². The molecule has 15 heavy (non-hydrogen) atoms. The monoisotopic (exact) mass is 214 g/mol. The average Bonchev–Trinajstić information content (AvgIpc) is 2.27. The lowest BCUT2D eigenvalue weighted by Crippen LogP contribution is -2.37. The fraction of sp³-hybridized carbons (Fsp3) is 0.909. The smallest absolute Gasteiger partial charge is 0.306 e. The third-order valence-corrected chi connectivity index (χ3v) is 3.04. The Kier molecular flexibility index (Phi) is 5.65. The van der Waals surface area contributed by atoms with E-state index < -0.39 is 0 Å². The second-order valence-electron chi connectivity index (χ2n) is 4.21. The first kappa shape index (κ1) is 12.5. The number of carbonyl (C=O) groups is 1. The van der Waals surface area contributed by atoms with Gasteiger partial charge in [-0.25, -0.2) is 0 Å². The van der Waals surface area contributed by atoms with Crippen molar-refractivity contribution in [3.8, 4) is 0 Å². The van der Waals surface area contributed by atoms with E-state index in [1.807, 2.05) is 0 Å². The maximum Gasteiger partial charge on any atom is 0.306 e. The summed E-state index contributed by atoms with van der Waals surface area (Å²) in [6, 6.07) is 0. The summed E-state index contributed by atoms with van der Waals surface area (Å²) in [4.78, 5) is 13.3. The van der Waals surface area contributed by atoms with Crippen LogP contribution in [0.1, 0.15) is 25.7 Å². The fourth-order valence-corrected chi connectivity index (χ4v) is 2.18. The van der Waals surface area contributed by atoms with Crippen molar-refractivity contribution in [1.82, 2.24) is 4.90 Å². The Morgan fingerprint density at radius 2 is 2.40 bits per heavy atom. The molecule has 0 aromatic heterocycles. The molecule has 2 N–H and O–H groups in total. The number of nitrogens with two attached hydrogens (primary N) is 1. The average molecular weight is 214 g/mol. The fourth-order valence-electron chi connectivity index (χ4n) is 2.18. The summed E-state index contributed by atoms with van der Waals surface area (Å²) < 4.78 is 4.63. The van der Waals surface area contributed by atoms with Crippen LogP contribution in [0.3, 0.4) is 0 Å². The van der Waals surface area contributed by atoms with Gasteiger partial charge in [0.15, 0.2) is 0 Å². The predicted molar refractivity (Wildman–Crippen MR) is 59.5 cm³/mol. The van der Waals surface area contributed by atoms with E-state index >= 15 is 0 Å². The Balaban J connectivity index is 2.21. The maximum atomic E-state index is 11.0. The van der Waals surface area contributed by atoms with Gasteiger partial charge in [0, 0.05) is 13.1 Å². The van der Waals surface area contributed by atoms with Crippen molar-refractivity contribution < 1.29 is 9.53 Å². The summed E-state index contributed by atoms with van der Waals surface area (Å²) in [5, 5.41) is 0. The van der Waals surface area contributed by atoms with Crippen molar-refractivity contribution in [1.29, 1.82) is 0 Å². The van der Waals surface area contributed by atoms with Gasteiger partial charge in [-0.2, -0.15) is 0 Å². The molecule has 1 saturated heterocycles. The molecule has 0 aliphatic carbocycles. The minimum Gasteiger partial charge on any atom is -0.469 e. The molecule has 4 heteroatoms. The van der Waals surface area contributed by atoms with Gasteiger partial charge in [0.2, 0.25) is 0 Å². The third-order valence-electron chi connectivity index (χ3n) is 3.04. The zero-order valence-corrected chi connectivity index (χ0v) is 9.58. The number of nitrogens with zero attached hydrogens (tertiary/aromatic N) is 1. The molecule has 1 atom stereocenters.